The normalized spacial score (nSPS) is 18.7. The molecule has 90 valence electrons. The summed E-state index contributed by atoms with van der Waals surface area (Å²) >= 11 is 0. The summed E-state index contributed by atoms with van der Waals surface area (Å²) in [5.74, 6) is 0. The highest BCUT2D eigenvalue weighted by Crippen LogP contribution is 2.26. The molecule has 1 nitrogen and oxygen atoms in total. The molecule has 0 spiro atoms. The molecule has 0 radical (unpaired) electrons. The van der Waals surface area contributed by atoms with Gasteiger partial charge in [0.2, 0.25) is 0 Å². The maximum absolute atomic E-state index is 3.65. The molecule has 18 heavy (non-hydrogen) atoms. The largest absolute Gasteiger partial charge is 0.378 e. The van der Waals surface area contributed by atoms with Gasteiger partial charge in [-0.3, -0.25) is 0 Å². The average molecular weight is 235 g/mol. The number of hydrogen-bond donors (Lipinski definition) is 1. The second kappa shape index (κ2) is 4.69. The molecule has 2 aromatic rings. The number of hydrogen-bond acceptors (Lipinski definition) is 1. The van der Waals surface area contributed by atoms with Crippen molar-refractivity contribution in [1.29, 1.82) is 0 Å². The molecule has 0 amide bonds. The van der Waals surface area contributed by atoms with Crippen molar-refractivity contribution in [1.82, 2.24) is 0 Å². The summed E-state index contributed by atoms with van der Waals surface area (Å²) in [6.45, 7) is 2.19. The fourth-order valence-electron chi connectivity index (χ4n) is 2.45. The zero-order valence-corrected chi connectivity index (χ0v) is 10.6. The maximum Gasteiger partial charge on any atom is 0.0508 e. The van der Waals surface area contributed by atoms with E-state index in [-0.39, 0.29) is 0 Å². The van der Waals surface area contributed by atoms with Crippen LogP contribution in [-0.4, -0.2) is 6.04 Å². The molecule has 0 saturated carbocycles. The molecule has 1 heteroatoms. The van der Waals surface area contributed by atoms with Crippen LogP contribution in [0.1, 0.15) is 13.3 Å². The minimum Gasteiger partial charge on any atom is -0.378 e. The van der Waals surface area contributed by atoms with Gasteiger partial charge in [-0.25, -0.2) is 0 Å². The number of rotatable bonds is 2. The molecule has 1 aliphatic rings. The van der Waals surface area contributed by atoms with Gasteiger partial charge in [0.05, 0.1) is 6.04 Å². The van der Waals surface area contributed by atoms with E-state index < -0.39 is 0 Å². The van der Waals surface area contributed by atoms with Crippen LogP contribution in [0.2, 0.25) is 0 Å². The van der Waals surface area contributed by atoms with E-state index in [2.05, 4.69) is 72.9 Å². The van der Waals surface area contributed by atoms with Gasteiger partial charge < -0.3 is 5.32 Å². The van der Waals surface area contributed by atoms with Gasteiger partial charge in [0.25, 0.3) is 0 Å². The van der Waals surface area contributed by atoms with Crippen molar-refractivity contribution in [2.24, 2.45) is 0 Å². The lowest BCUT2D eigenvalue weighted by molar-refractivity contribution is 0.828. The highest BCUT2D eigenvalue weighted by molar-refractivity contribution is 5.94. The Balaban J connectivity index is 1.96. The number of allylic oxidation sites excluding steroid dienone is 2. The number of fused-ring (bicyclic) bond motifs is 1. The topological polar surface area (TPSA) is 12.0 Å². The lowest BCUT2D eigenvalue weighted by atomic mass is 9.99. The summed E-state index contributed by atoms with van der Waals surface area (Å²) in [7, 11) is 0. The fraction of sp³-hybridized carbons (Fsp3) is 0.176. The predicted octanol–water partition coefficient (Wildman–Crippen LogP) is 4.53. The Bertz CT molecular complexity index is 617. The van der Waals surface area contributed by atoms with E-state index in [1.165, 1.54) is 22.0 Å². The fourth-order valence-corrected chi connectivity index (χ4v) is 2.45. The smallest absolute Gasteiger partial charge is 0.0508 e. The summed E-state index contributed by atoms with van der Waals surface area (Å²) in [5, 5.41) is 6.24. The average Bonchev–Trinajstić information content (AvgIpc) is 2.42. The molecule has 3 rings (SSSR count). The Morgan fingerprint density at radius 2 is 1.89 bits per heavy atom. The predicted molar refractivity (Wildman–Crippen MR) is 78.9 cm³/mol. The van der Waals surface area contributed by atoms with Crippen molar-refractivity contribution in [3.8, 4) is 0 Å². The number of anilines is 1. The highest BCUT2D eigenvalue weighted by Gasteiger charge is 2.12. The van der Waals surface area contributed by atoms with Crippen LogP contribution >= 0.6 is 0 Å². The van der Waals surface area contributed by atoms with E-state index in [0.29, 0.717) is 6.04 Å². The molecule has 0 heterocycles. The molecule has 0 bridgehead atoms. The Kier molecular flexibility index (Phi) is 2.89. The second-order valence-electron chi connectivity index (χ2n) is 4.80. The van der Waals surface area contributed by atoms with Crippen LogP contribution in [0.25, 0.3) is 10.8 Å². The van der Waals surface area contributed by atoms with Gasteiger partial charge in [-0.15, -0.1) is 0 Å². The zero-order valence-electron chi connectivity index (χ0n) is 10.6. The van der Waals surface area contributed by atoms with Gasteiger partial charge in [-0.2, -0.15) is 0 Å². The summed E-state index contributed by atoms with van der Waals surface area (Å²) in [6.07, 6.45) is 7.60. The van der Waals surface area contributed by atoms with Gasteiger partial charge in [-0.1, -0.05) is 60.2 Å². The van der Waals surface area contributed by atoms with E-state index in [1.807, 2.05) is 0 Å². The second-order valence-corrected chi connectivity index (χ2v) is 4.80. The molecule has 0 aliphatic heterocycles. The Morgan fingerprint density at radius 1 is 1.06 bits per heavy atom. The van der Waals surface area contributed by atoms with Crippen molar-refractivity contribution < 1.29 is 0 Å². The molecule has 1 aliphatic carbocycles. The van der Waals surface area contributed by atoms with Crippen LogP contribution in [0.3, 0.4) is 0 Å². The van der Waals surface area contributed by atoms with Crippen molar-refractivity contribution in [3.05, 3.63) is 66.3 Å². The molecule has 1 atom stereocenters. The van der Waals surface area contributed by atoms with E-state index in [4.69, 9.17) is 0 Å². The first kappa shape index (κ1) is 11.1. The van der Waals surface area contributed by atoms with E-state index >= 15 is 0 Å². The zero-order chi connectivity index (χ0) is 12.4. The third kappa shape index (κ3) is 2.04. The summed E-state index contributed by atoms with van der Waals surface area (Å²) < 4.78 is 0. The van der Waals surface area contributed by atoms with Crippen LogP contribution in [0.4, 0.5) is 5.69 Å². The molecule has 2 aromatic carbocycles. The first-order chi connectivity index (χ1) is 8.84. The van der Waals surface area contributed by atoms with Crippen molar-refractivity contribution >= 4 is 16.5 Å². The SMILES string of the molecule is CC1=CC=CCC1Nc1cccc2ccccc12. The molecule has 0 saturated heterocycles. The summed E-state index contributed by atoms with van der Waals surface area (Å²) in [6, 6.07) is 15.4. The van der Waals surface area contributed by atoms with Crippen LogP contribution < -0.4 is 5.32 Å². The van der Waals surface area contributed by atoms with Gasteiger partial charge in [0.15, 0.2) is 0 Å². The van der Waals surface area contributed by atoms with Crippen molar-refractivity contribution in [2.45, 2.75) is 19.4 Å². The number of nitrogens with one attached hydrogen (secondary N) is 1. The molecular weight excluding hydrogens is 218 g/mol. The molecule has 1 N–H and O–H groups in total. The molecule has 0 aromatic heterocycles. The van der Waals surface area contributed by atoms with Gasteiger partial charge in [-0.05, 0) is 24.8 Å². The number of benzene rings is 2. The lowest BCUT2D eigenvalue weighted by Gasteiger charge is -2.22. The first-order valence-electron chi connectivity index (χ1n) is 6.42. The Labute approximate surface area is 108 Å². The van der Waals surface area contributed by atoms with Crippen molar-refractivity contribution in [2.75, 3.05) is 5.32 Å². The van der Waals surface area contributed by atoms with E-state index in [9.17, 15) is 0 Å². The van der Waals surface area contributed by atoms with Crippen LogP contribution in [0, 0.1) is 0 Å². The molecule has 1 unspecified atom stereocenters. The van der Waals surface area contributed by atoms with Crippen molar-refractivity contribution in [3.63, 3.8) is 0 Å². The standard InChI is InChI=1S/C17H17N/c1-13-7-2-5-11-16(13)18-17-12-6-9-14-8-3-4-10-15(14)17/h2-10,12,16,18H,11H2,1H3. The van der Waals surface area contributed by atoms with Crippen LogP contribution in [0.15, 0.2) is 66.3 Å². The molecule has 0 fully saturated rings. The third-order valence-corrected chi connectivity index (χ3v) is 3.54. The maximum atomic E-state index is 3.65. The Morgan fingerprint density at radius 3 is 2.78 bits per heavy atom. The monoisotopic (exact) mass is 235 g/mol. The summed E-state index contributed by atoms with van der Waals surface area (Å²) in [5.41, 5.74) is 2.62. The summed E-state index contributed by atoms with van der Waals surface area (Å²) in [4.78, 5) is 0. The quantitative estimate of drug-likeness (QED) is 0.806. The van der Waals surface area contributed by atoms with Crippen LogP contribution in [0.5, 0.6) is 0 Å². The van der Waals surface area contributed by atoms with Gasteiger partial charge >= 0.3 is 0 Å². The highest BCUT2D eigenvalue weighted by atomic mass is 14.9. The lowest BCUT2D eigenvalue weighted by Crippen LogP contribution is -2.21. The first-order valence-corrected chi connectivity index (χ1v) is 6.42. The van der Waals surface area contributed by atoms with Gasteiger partial charge in [0.1, 0.15) is 0 Å². The minimum atomic E-state index is 0.417. The van der Waals surface area contributed by atoms with E-state index in [1.54, 1.807) is 0 Å². The Hall–Kier alpha value is -2.02. The van der Waals surface area contributed by atoms with E-state index in [0.717, 1.165) is 6.42 Å². The van der Waals surface area contributed by atoms with Crippen LogP contribution in [-0.2, 0) is 0 Å². The third-order valence-electron chi connectivity index (χ3n) is 3.54. The minimum absolute atomic E-state index is 0.417. The molecular formula is C17H17N. The van der Waals surface area contributed by atoms with Gasteiger partial charge in [0, 0.05) is 11.1 Å².